The molecule has 3 heteroatoms. The van der Waals surface area contributed by atoms with E-state index in [9.17, 15) is 0 Å². The Bertz CT molecular complexity index is 413. The minimum absolute atomic E-state index is 0.0907. The van der Waals surface area contributed by atoms with E-state index in [1.165, 1.54) is 31.2 Å². The highest BCUT2D eigenvalue weighted by Gasteiger charge is 2.34. The number of hydrogen-bond acceptors (Lipinski definition) is 2. The summed E-state index contributed by atoms with van der Waals surface area (Å²) in [5.41, 5.74) is 7.14. The van der Waals surface area contributed by atoms with Crippen LogP contribution < -0.4 is 5.73 Å². The molecule has 1 fully saturated rings. The minimum atomic E-state index is -0.0907. The molecule has 1 aliphatic rings. The maximum atomic E-state index is 6.24. The van der Waals surface area contributed by atoms with Crippen LogP contribution in [0.25, 0.3) is 0 Å². The van der Waals surface area contributed by atoms with Crippen LogP contribution in [0.2, 0.25) is 0 Å². The summed E-state index contributed by atoms with van der Waals surface area (Å²) in [6.07, 6.45) is 7.41. The van der Waals surface area contributed by atoms with E-state index >= 15 is 0 Å². The van der Waals surface area contributed by atoms with Gasteiger partial charge in [0, 0.05) is 11.0 Å². The summed E-state index contributed by atoms with van der Waals surface area (Å²) in [7, 11) is 0. The summed E-state index contributed by atoms with van der Waals surface area (Å²) in [5, 5.41) is 0. The third-order valence-electron chi connectivity index (χ3n) is 4.52. The largest absolute Gasteiger partial charge is 0.369 e. The highest BCUT2D eigenvalue weighted by Crippen LogP contribution is 2.36. The molecule has 2 rings (SSSR count). The predicted octanol–water partition coefficient (Wildman–Crippen LogP) is 4.65. The van der Waals surface area contributed by atoms with Crippen molar-refractivity contribution >= 4 is 15.9 Å². The molecule has 0 bridgehead atoms. The van der Waals surface area contributed by atoms with Gasteiger partial charge in [-0.1, -0.05) is 47.8 Å². The Morgan fingerprint density at radius 2 is 2.10 bits per heavy atom. The fourth-order valence-corrected chi connectivity index (χ4v) is 3.62. The van der Waals surface area contributed by atoms with Crippen LogP contribution in [0.5, 0.6) is 0 Å². The first-order chi connectivity index (χ1) is 9.67. The molecule has 0 spiro atoms. The van der Waals surface area contributed by atoms with Crippen LogP contribution in [-0.4, -0.2) is 12.1 Å². The first-order valence-corrected chi connectivity index (χ1v) is 8.55. The Balaban J connectivity index is 1.89. The zero-order valence-electron chi connectivity index (χ0n) is 12.4. The van der Waals surface area contributed by atoms with Crippen molar-refractivity contribution < 1.29 is 4.74 Å². The second-order valence-electron chi connectivity index (χ2n) is 6.04. The van der Waals surface area contributed by atoms with E-state index in [1.807, 2.05) is 6.07 Å². The van der Waals surface area contributed by atoms with Gasteiger partial charge in [-0.15, -0.1) is 0 Å². The van der Waals surface area contributed by atoms with Crippen LogP contribution in [0.1, 0.15) is 51.0 Å². The van der Waals surface area contributed by atoms with E-state index < -0.39 is 0 Å². The van der Waals surface area contributed by atoms with Gasteiger partial charge in [0.15, 0.2) is 0 Å². The molecule has 1 aromatic rings. The molecule has 20 heavy (non-hydrogen) atoms. The van der Waals surface area contributed by atoms with Crippen molar-refractivity contribution in [1.82, 2.24) is 0 Å². The van der Waals surface area contributed by atoms with Gasteiger partial charge in [0.25, 0.3) is 0 Å². The van der Waals surface area contributed by atoms with Gasteiger partial charge in [-0.25, -0.2) is 0 Å². The molecule has 0 aliphatic heterocycles. The fourth-order valence-electron chi connectivity index (χ4n) is 3.17. The zero-order valence-corrected chi connectivity index (χ0v) is 14.0. The van der Waals surface area contributed by atoms with Crippen molar-refractivity contribution in [1.29, 1.82) is 0 Å². The molecule has 0 aromatic heterocycles. The first-order valence-electron chi connectivity index (χ1n) is 7.76. The summed E-state index contributed by atoms with van der Waals surface area (Å²) < 4.78 is 7.35. The molecule has 0 saturated heterocycles. The van der Waals surface area contributed by atoms with Gasteiger partial charge in [-0.05, 0) is 49.3 Å². The molecular weight excluding hydrogens is 314 g/mol. The minimum Gasteiger partial charge on any atom is -0.369 e. The Kier molecular flexibility index (Phi) is 6.06. The normalized spacial score (nSPS) is 26.6. The first kappa shape index (κ1) is 16.0. The summed E-state index contributed by atoms with van der Waals surface area (Å²) >= 11 is 3.50. The molecule has 112 valence electrons. The van der Waals surface area contributed by atoms with E-state index in [4.69, 9.17) is 10.5 Å². The molecule has 1 aliphatic carbocycles. The molecule has 1 saturated carbocycles. The Morgan fingerprint density at radius 3 is 2.70 bits per heavy atom. The Morgan fingerprint density at radius 1 is 1.35 bits per heavy atom. The Labute approximate surface area is 131 Å². The Hall–Kier alpha value is -0.380. The van der Waals surface area contributed by atoms with E-state index in [2.05, 4.69) is 41.1 Å². The lowest BCUT2D eigenvalue weighted by atomic mass is 9.77. The molecule has 0 radical (unpaired) electrons. The van der Waals surface area contributed by atoms with Crippen LogP contribution >= 0.6 is 15.9 Å². The SMILES string of the molecule is CCCC1CCC(CN)(OCc2cccc(Br)c2)CC1. The molecule has 1 aromatic carbocycles. The molecule has 0 amide bonds. The summed E-state index contributed by atoms with van der Waals surface area (Å²) in [5.74, 6) is 0.883. The molecule has 2 nitrogen and oxygen atoms in total. The average molecular weight is 340 g/mol. The lowest BCUT2D eigenvalue weighted by Crippen LogP contribution is -2.43. The molecule has 0 atom stereocenters. The number of nitrogens with two attached hydrogens (primary N) is 1. The average Bonchev–Trinajstić information content (AvgIpc) is 2.47. The van der Waals surface area contributed by atoms with Gasteiger partial charge in [0.05, 0.1) is 12.2 Å². The zero-order chi connectivity index (χ0) is 14.4. The lowest BCUT2D eigenvalue weighted by molar-refractivity contribution is -0.0816. The van der Waals surface area contributed by atoms with Crippen molar-refractivity contribution in [3.8, 4) is 0 Å². The van der Waals surface area contributed by atoms with E-state index in [0.29, 0.717) is 13.2 Å². The topological polar surface area (TPSA) is 35.2 Å². The third kappa shape index (κ3) is 4.31. The molecule has 0 unspecified atom stereocenters. The highest BCUT2D eigenvalue weighted by molar-refractivity contribution is 9.10. The van der Waals surface area contributed by atoms with E-state index in [1.54, 1.807) is 0 Å². The molecular formula is C17H26BrNO. The van der Waals surface area contributed by atoms with Crippen molar-refractivity contribution in [3.63, 3.8) is 0 Å². The highest BCUT2D eigenvalue weighted by atomic mass is 79.9. The van der Waals surface area contributed by atoms with E-state index in [-0.39, 0.29) is 5.60 Å². The van der Waals surface area contributed by atoms with Gasteiger partial charge in [-0.2, -0.15) is 0 Å². The van der Waals surface area contributed by atoms with Crippen molar-refractivity contribution in [3.05, 3.63) is 34.3 Å². The van der Waals surface area contributed by atoms with Gasteiger partial charge in [0.2, 0.25) is 0 Å². The maximum absolute atomic E-state index is 6.24. The summed E-state index contributed by atoms with van der Waals surface area (Å²) in [6.45, 7) is 3.57. The van der Waals surface area contributed by atoms with Gasteiger partial charge >= 0.3 is 0 Å². The van der Waals surface area contributed by atoms with Crippen molar-refractivity contribution in [2.24, 2.45) is 11.7 Å². The maximum Gasteiger partial charge on any atom is 0.0808 e. The predicted molar refractivity (Wildman–Crippen MR) is 87.6 cm³/mol. The van der Waals surface area contributed by atoms with Crippen LogP contribution in [0.15, 0.2) is 28.7 Å². The van der Waals surface area contributed by atoms with E-state index in [0.717, 1.165) is 23.2 Å². The number of hydrogen-bond donors (Lipinski definition) is 1. The van der Waals surface area contributed by atoms with Crippen LogP contribution in [0, 0.1) is 5.92 Å². The van der Waals surface area contributed by atoms with Gasteiger partial charge in [0.1, 0.15) is 0 Å². The van der Waals surface area contributed by atoms with Crippen LogP contribution in [0.4, 0.5) is 0 Å². The molecule has 2 N–H and O–H groups in total. The fraction of sp³-hybridized carbons (Fsp3) is 0.647. The van der Waals surface area contributed by atoms with Crippen molar-refractivity contribution in [2.75, 3.05) is 6.54 Å². The standard InChI is InChI=1S/C17H26BrNO/c1-2-4-14-7-9-17(13-19,10-8-14)20-12-15-5-3-6-16(18)11-15/h3,5-6,11,14H,2,4,7-10,12-13,19H2,1H3. The summed E-state index contributed by atoms with van der Waals surface area (Å²) in [4.78, 5) is 0. The third-order valence-corrected chi connectivity index (χ3v) is 5.01. The molecule has 0 heterocycles. The van der Waals surface area contributed by atoms with Crippen LogP contribution in [-0.2, 0) is 11.3 Å². The smallest absolute Gasteiger partial charge is 0.0808 e. The number of halogens is 1. The summed E-state index contributed by atoms with van der Waals surface area (Å²) in [6, 6.07) is 8.32. The second-order valence-corrected chi connectivity index (χ2v) is 6.95. The van der Waals surface area contributed by atoms with Gasteiger partial charge in [-0.3, -0.25) is 0 Å². The number of benzene rings is 1. The van der Waals surface area contributed by atoms with Crippen molar-refractivity contribution in [2.45, 2.75) is 57.7 Å². The second kappa shape index (κ2) is 7.58. The number of ether oxygens (including phenoxy) is 1. The quantitative estimate of drug-likeness (QED) is 0.818. The monoisotopic (exact) mass is 339 g/mol. The lowest BCUT2D eigenvalue weighted by Gasteiger charge is -2.39. The van der Waals surface area contributed by atoms with Gasteiger partial charge < -0.3 is 10.5 Å². The number of rotatable bonds is 6. The van der Waals surface area contributed by atoms with Crippen LogP contribution in [0.3, 0.4) is 0 Å².